The van der Waals surface area contributed by atoms with Gasteiger partial charge in [-0.15, -0.1) is 0 Å². The number of nitrogens with zero attached hydrogens (tertiary/aromatic N) is 1. The average Bonchev–Trinajstić information content (AvgIpc) is 2.98. The van der Waals surface area contributed by atoms with Gasteiger partial charge in [0, 0.05) is 6.61 Å². The van der Waals surface area contributed by atoms with Gasteiger partial charge >= 0.3 is 6.18 Å². The fourth-order valence-corrected chi connectivity index (χ4v) is 6.26. The zero-order valence-electron chi connectivity index (χ0n) is 27.8. The number of benzene rings is 3. The molecule has 252 valence electrons. The molecule has 0 aromatic heterocycles. The summed E-state index contributed by atoms with van der Waals surface area (Å²) in [6.45, 7) is 13.2. The van der Waals surface area contributed by atoms with Crippen LogP contribution in [0, 0.1) is 6.92 Å². The normalized spacial score (nSPS) is 13.0. The maximum absolute atomic E-state index is 14.7. The molecule has 3 aromatic carbocycles. The largest absolute Gasteiger partial charge is 0.497 e. The Hall–Kier alpha value is -2.72. The zero-order chi connectivity index (χ0) is 34.4. The van der Waals surface area contributed by atoms with Crippen LogP contribution >= 0.6 is 23.2 Å². The lowest BCUT2D eigenvalue weighted by atomic mass is 9.90. The quantitative estimate of drug-likeness (QED) is 0.132. The highest BCUT2D eigenvalue weighted by Gasteiger charge is 2.39. The molecule has 0 spiro atoms. The molecule has 0 aliphatic carbocycles. The van der Waals surface area contributed by atoms with Crippen LogP contribution in [0.3, 0.4) is 0 Å². The van der Waals surface area contributed by atoms with Crippen molar-refractivity contribution in [2.75, 3.05) is 25.7 Å². The molecule has 0 aliphatic rings. The Bertz CT molecular complexity index is 1490. The van der Waals surface area contributed by atoms with E-state index in [1.165, 1.54) is 7.11 Å². The number of unbranched alkanes of at least 4 members (excludes halogenated alkanes) is 1. The second-order valence-electron chi connectivity index (χ2n) is 12.9. The molecule has 0 radical (unpaired) electrons. The molecule has 1 amide bonds. The third-order valence-corrected chi connectivity index (χ3v) is 13.9. The fourth-order valence-electron chi connectivity index (χ4n) is 4.85. The van der Waals surface area contributed by atoms with Gasteiger partial charge in [-0.05, 0) is 84.9 Å². The van der Waals surface area contributed by atoms with E-state index < -0.39 is 31.9 Å². The molecule has 0 N–H and O–H groups in total. The number of hydrogen-bond acceptors (Lipinski definition) is 4. The molecular weight excluding hydrogens is 654 g/mol. The first-order chi connectivity index (χ1) is 21.4. The molecule has 3 rings (SSSR count). The molecule has 1 atom stereocenters. The highest BCUT2D eigenvalue weighted by Crippen LogP contribution is 2.43. The minimum absolute atomic E-state index is 0.0575. The first-order valence-corrected chi connectivity index (χ1v) is 18.8. The number of halogens is 5. The van der Waals surface area contributed by atoms with Crippen LogP contribution in [0.2, 0.25) is 28.2 Å². The van der Waals surface area contributed by atoms with Crippen LogP contribution in [0.1, 0.15) is 68.2 Å². The Morgan fingerprint density at radius 2 is 1.54 bits per heavy atom. The van der Waals surface area contributed by atoms with E-state index in [0.29, 0.717) is 48.5 Å². The standard InChI is InChI=1S/C35H44Cl2F3NO4Si/c1-23-12-15-25(19-32(23)44-6)27(11-9-10-18-45-46(7,8)34(2,3)4)33(42)41(22-24-13-16-26(43-5)17-14-24)31-21-30(37)29(36)20-28(31)35(38,39)40/h12-17,19-21,27H,9-11,18,22H2,1-8H3. The van der Waals surface area contributed by atoms with Gasteiger partial charge in [-0.1, -0.05) is 74.7 Å². The van der Waals surface area contributed by atoms with Gasteiger partial charge in [0.05, 0.1) is 48.0 Å². The lowest BCUT2D eigenvalue weighted by molar-refractivity contribution is -0.137. The summed E-state index contributed by atoms with van der Waals surface area (Å²) in [6.07, 6.45) is -3.11. The Kier molecular flexibility index (Phi) is 12.7. The van der Waals surface area contributed by atoms with Crippen LogP contribution < -0.4 is 14.4 Å². The summed E-state index contributed by atoms with van der Waals surface area (Å²) < 4.78 is 60.6. The Labute approximate surface area is 282 Å². The van der Waals surface area contributed by atoms with E-state index in [-0.39, 0.29) is 27.3 Å². The van der Waals surface area contributed by atoms with Crippen LogP contribution in [-0.4, -0.2) is 35.1 Å². The number of anilines is 1. The summed E-state index contributed by atoms with van der Waals surface area (Å²) in [7, 11) is 1.10. The molecular formula is C35H44Cl2F3NO4Si. The minimum atomic E-state index is -4.80. The van der Waals surface area contributed by atoms with Crippen molar-refractivity contribution >= 4 is 43.1 Å². The van der Waals surface area contributed by atoms with Gasteiger partial charge < -0.3 is 18.8 Å². The van der Waals surface area contributed by atoms with Gasteiger partial charge in [-0.25, -0.2) is 0 Å². The molecule has 3 aromatic rings. The Morgan fingerprint density at radius 3 is 2.11 bits per heavy atom. The van der Waals surface area contributed by atoms with Crippen molar-refractivity contribution in [3.63, 3.8) is 0 Å². The molecule has 0 heterocycles. The lowest BCUT2D eigenvalue weighted by Gasteiger charge is -2.36. The summed E-state index contributed by atoms with van der Waals surface area (Å²) in [5.74, 6) is -0.118. The Morgan fingerprint density at radius 1 is 0.913 bits per heavy atom. The van der Waals surface area contributed by atoms with Crippen molar-refractivity contribution in [3.8, 4) is 11.5 Å². The van der Waals surface area contributed by atoms with Gasteiger partial charge in [0.25, 0.3) is 0 Å². The average molecular weight is 699 g/mol. The predicted octanol–water partition coefficient (Wildman–Crippen LogP) is 10.8. The number of ether oxygens (including phenoxy) is 2. The van der Waals surface area contributed by atoms with Gasteiger partial charge in [-0.2, -0.15) is 13.2 Å². The summed E-state index contributed by atoms with van der Waals surface area (Å²) >= 11 is 12.3. The fraction of sp³-hybridized carbons (Fsp3) is 0.457. The third kappa shape index (κ3) is 9.43. The van der Waals surface area contributed by atoms with Crippen molar-refractivity contribution in [1.82, 2.24) is 0 Å². The van der Waals surface area contributed by atoms with E-state index in [2.05, 4.69) is 33.9 Å². The highest BCUT2D eigenvalue weighted by molar-refractivity contribution is 6.74. The van der Waals surface area contributed by atoms with E-state index in [9.17, 15) is 18.0 Å². The van der Waals surface area contributed by atoms with Gasteiger partial charge in [0.2, 0.25) is 5.91 Å². The monoisotopic (exact) mass is 697 g/mol. The number of hydrogen-bond donors (Lipinski definition) is 0. The summed E-state index contributed by atoms with van der Waals surface area (Å²) in [4.78, 5) is 15.8. The van der Waals surface area contributed by atoms with Crippen molar-refractivity contribution < 1.29 is 31.9 Å². The molecule has 0 bridgehead atoms. The minimum Gasteiger partial charge on any atom is -0.497 e. The van der Waals surface area contributed by atoms with Crippen molar-refractivity contribution in [1.29, 1.82) is 0 Å². The second kappa shape index (κ2) is 15.5. The molecule has 1 unspecified atom stereocenters. The van der Waals surface area contributed by atoms with E-state index in [4.69, 9.17) is 37.1 Å². The number of rotatable bonds is 13. The predicted molar refractivity (Wildman–Crippen MR) is 183 cm³/mol. The van der Waals surface area contributed by atoms with E-state index in [1.54, 1.807) is 37.4 Å². The maximum Gasteiger partial charge on any atom is 0.418 e. The van der Waals surface area contributed by atoms with Crippen molar-refractivity contribution in [2.24, 2.45) is 0 Å². The highest BCUT2D eigenvalue weighted by atomic mass is 35.5. The van der Waals surface area contributed by atoms with Gasteiger partial charge in [0.15, 0.2) is 8.32 Å². The summed E-state index contributed by atoms with van der Waals surface area (Å²) in [6, 6.07) is 14.2. The molecule has 5 nitrogen and oxygen atoms in total. The number of methoxy groups -OCH3 is 2. The summed E-state index contributed by atoms with van der Waals surface area (Å²) in [5.41, 5.74) is 0.710. The van der Waals surface area contributed by atoms with E-state index in [0.717, 1.165) is 22.6 Å². The van der Waals surface area contributed by atoms with Crippen LogP contribution in [-0.2, 0) is 21.9 Å². The maximum atomic E-state index is 14.7. The lowest BCUT2D eigenvalue weighted by Crippen LogP contribution is -2.41. The number of alkyl halides is 3. The van der Waals surface area contributed by atoms with Crippen molar-refractivity contribution in [2.45, 2.75) is 83.7 Å². The van der Waals surface area contributed by atoms with Gasteiger partial charge in [0.1, 0.15) is 11.5 Å². The first-order valence-electron chi connectivity index (χ1n) is 15.2. The first kappa shape index (κ1) is 37.7. The number of amides is 1. The van der Waals surface area contributed by atoms with Gasteiger partial charge in [-0.3, -0.25) is 4.79 Å². The number of carbonyl (C=O) groups is 1. The molecule has 0 fully saturated rings. The SMILES string of the molecule is COc1ccc(CN(C(=O)C(CCCCO[Si](C)(C)C(C)(C)C)c2ccc(C)c(OC)c2)c2cc(Cl)c(Cl)cc2C(F)(F)F)cc1. The molecule has 0 saturated carbocycles. The van der Waals surface area contributed by atoms with Crippen molar-refractivity contribution in [3.05, 3.63) is 86.9 Å². The van der Waals surface area contributed by atoms with Crippen LogP contribution in [0.4, 0.5) is 18.9 Å². The number of carbonyl (C=O) groups excluding carboxylic acids is 1. The van der Waals surface area contributed by atoms with E-state index >= 15 is 0 Å². The van der Waals surface area contributed by atoms with Crippen LogP contribution in [0.25, 0.3) is 0 Å². The third-order valence-electron chi connectivity index (χ3n) is 8.69. The topological polar surface area (TPSA) is 48.0 Å². The molecule has 0 saturated heterocycles. The molecule has 0 aliphatic heterocycles. The van der Waals surface area contributed by atoms with Crippen LogP contribution in [0.5, 0.6) is 11.5 Å². The second-order valence-corrected chi connectivity index (χ2v) is 18.6. The summed E-state index contributed by atoms with van der Waals surface area (Å²) in [5, 5.41) is -0.285. The zero-order valence-corrected chi connectivity index (χ0v) is 30.3. The van der Waals surface area contributed by atoms with E-state index in [1.807, 2.05) is 19.1 Å². The number of aryl methyl sites for hydroxylation is 1. The molecule has 11 heteroatoms. The smallest absolute Gasteiger partial charge is 0.418 e. The Balaban J connectivity index is 2.08. The van der Waals surface area contributed by atoms with Crippen LogP contribution in [0.15, 0.2) is 54.6 Å². The molecule has 46 heavy (non-hydrogen) atoms.